The van der Waals surface area contributed by atoms with E-state index >= 15 is 0 Å². The van der Waals surface area contributed by atoms with Crippen molar-refractivity contribution in [1.29, 1.82) is 0 Å². The Labute approximate surface area is 101 Å². The molecule has 1 saturated heterocycles. The highest BCUT2D eigenvalue weighted by molar-refractivity contribution is 5.40. The summed E-state index contributed by atoms with van der Waals surface area (Å²) in [7, 11) is 0. The fraction of sp³-hybridized carbons (Fsp3) is 0.538. The lowest BCUT2D eigenvalue weighted by Gasteiger charge is -2.23. The Kier molecular flexibility index (Phi) is 2.81. The van der Waals surface area contributed by atoms with Gasteiger partial charge in [-0.05, 0) is 31.9 Å². The van der Waals surface area contributed by atoms with Gasteiger partial charge in [0.1, 0.15) is 0 Å². The average molecular weight is 230 g/mol. The van der Waals surface area contributed by atoms with Gasteiger partial charge in [0, 0.05) is 24.7 Å². The van der Waals surface area contributed by atoms with Gasteiger partial charge in [-0.2, -0.15) is 5.10 Å². The summed E-state index contributed by atoms with van der Waals surface area (Å²) in [6, 6.07) is 4.19. The van der Waals surface area contributed by atoms with Crippen molar-refractivity contribution in [2.75, 3.05) is 13.1 Å². The van der Waals surface area contributed by atoms with E-state index in [1.807, 2.05) is 10.7 Å². The molecule has 0 aromatic carbocycles. The fourth-order valence-electron chi connectivity index (χ4n) is 2.55. The molecular formula is C13H18N4. The maximum absolute atomic E-state index is 4.63. The fourth-order valence-corrected chi connectivity index (χ4v) is 2.55. The van der Waals surface area contributed by atoms with E-state index in [1.165, 1.54) is 18.5 Å². The van der Waals surface area contributed by atoms with E-state index in [1.54, 1.807) is 0 Å². The predicted molar refractivity (Wildman–Crippen MR) is 67.2 cm³/mol. The van der Waals surface area contributed by atoms with Crippen LogP contribution in [-0.2, 0) is 6.42 Å². The molecule has 0 aliphatic carbocycles. The Morgan fingerprint density at radius 1 is 1.53 bits per heavy atom. The Bertz CT molecular complexity index is 511. The molecule has 0 spiro atoms. The second kappa shape index (κ2) is 4.45. The largest absolute Gasteiger partial charge is 0.316 e. The first-order valence-electron chi connectivity index (χ1n) is 6.42. The minimum atomic E-state index is 0.568. The first-order chi connectivity index (χ1) is 8.38. The molecule has 17 heavy (non-hydrogen) atoms. The van der Waals surface area contributed by atoms with Gasteiger partial charge in [0.15, 0.2) is 5.65 Å². The number of fused-ring (bicyclic) bond motifs is 1. The topological polar surface area (TPSA) is 42.2 Å². The summed E-state index contributed by atoms with van der Waals surface area (Å²) in [5.41, 5.74) is 3.39. The molecule has 0 radical (unpaired) electrons. The van der Waals surface area contributed by atoms with E-state index in [0.29, 0.717) is 5.92 Å². The minimum Gasteiger partial charge on any atom is -0.316 e. The van der Waals surface area contributed by atoms with E-state index in [9.17, 15) is 0 Å². The summed E-state index contributed by atoms with van der Waals surface area (Å²) in [5.74, 6) is 0.568. The third kappa shape index (κ3) is 1.93. The van der Waals surface area contributed by atoms with E-state index in [2.05, 4.69) is 34.5 Å². The van der Waals surface area contributed by atoms with Crippen molar-refractivity contribution >= 4 is 5.65 Å². The molecular weight excluding hydrogens is 212 g/mol. The minimum absolute atomic E-state index is 0.568. The summed E-state index contributed by atoms with van der Waals surface area (Å²) in [6.07, 6.45) is 5.36. The van der Waals surface area contributed by atoms with Crippen LogP contribution >= 0.6 is 0 Å². The first-order valence-corrected chi connectivity index (χ1v) is 6.42. The molecule has 1 fully saturated rings. The highest BCUT2D eigenvalue weighted by atomic mass is 15.3. The summed E-state index contributed by atoms with van der Waals surface area (Å²) in [6.45, 7) is 4.33. The third-order valence-electron chi connectivity index (χ3n) is 3.52. The highest BCUT2D eigenvalue weighted by Gasteiger charge is 2.18. The molecule has 1 aliphatic rings. The van der Waals surface area contributed by atoms with Crippen molar-refractivity contribution in [2.45, 2.75) is 32.1 Å². The maximum atomic E-state index is 4.63. The van der Waals surface area contributed by atoms with E-state index < -0.39 is 0 Å². The molecule has 4 nitrogen and oxygen atoms in total. The number of hydrogen-bond donors (Lipinski definition) is 1. The standard InChI is InChI=1S/C13H18N4/c1-2-11-8-13-15-7-5-12(17(13)16-11)10-4-3-6-14-9-10/h5,7-8,10,14H,2-4,6,9H2,1H3. The molecule has 0 amide bonds. The summed E-state index contributed by atoms with van der Waals surface area (Å²) >= 11 is 0. The van der Waals surface area contributed by atoms with Crippen molar-refractivity contribution in [1.82, 2.24) is 19.9 Å². The average Bonchev–Trinajstić information content (AvgIpc) is 2.82. The lowest BCUT2D eigenvalue weighted by Crippen LogP contribution is -2.29. The second-order valence-corrected chi connectivity index (χ2v) is 4.67. The van der Waals surface area contributed by atoms with Crippen molar-refractivity contribution in [3.8, 4) is 0 Å². The van der Waals surface area contributed by atoms with Crippen molar-refractivity contribution in [3.63, 3.8) is 0 Å². The molecule has 1 atom stereocenters. The van der Waals surface area contributed by atoms with Gasteiger partial charge in [0.05, 0.1) is 11.4 Å². The summed E-state index contributed by atoms with van der Waals surface area (Å²) in [5, 5.41) is 8.09. The van der Waals surface area contributed by atoms with Crippen LogP contribution in [0.15, 0.2) is 18.3 Å². The molecule has 1 N–H and O–H groups in total. The van der Waals surface area contributed by atoms with Crippen LogP contribution in [0.25, 0.3) is 5.65 Å². The monoisotopic (exact) mass is 230 g/mol. The van der Waals surface area contributed by atoms with Gasteiger partial charge in [-0.1, -0.05) is 6.92 Å². The summed E-state index contributed by atoms with van der Waals surface area (Å²) < 4.78 is 2.02. The van der Waals surface area contributed by atoms with Gasteiger partial charge in [-0.25, -0.2) is 9.50 Å². The quantitative estimate of drug-likeness (QED) is 0.854. The molecule has 1 aliphatic heterocycles. The van der Waals surface area contributed by atoms with Gasteiger partial charge < -0.3 is 5.32 Å². The summed E-state index contributed by atoms with van der Waals surface area (Å²) in [4.78, 5) is 4.39. The van der Waals surface area contributed by atoms with Crippen LogP contribution in [0.1, 0.15) is 37.1 Å². The smallest absolute Gasteiger partial charge is 0.155 e. The van der Waals surface area contributed by atoms with Gasteiger partial charge >= 0.3 is 0 Å². The Balaban J connectivity index is 2.05. The van der Waals surface area contributed by atoms with E-state index in [-0.39, 0.29) is 0 Å². The molecule has 0 saturated carbocycles. The van der Waals surface area contributed by atoms with Crippen LogP contribution < -0.4 is 5.32 Å². The zero-order valence-electron chi connectivity index (χ0n) is 10.2. The van der Waals surface area contributed by atoms with Gasteiger partial charge in [-0.15, -0.1) is 0 Å². The lowest BCUT2D eigenvalue weighted by molar-refractivity contribution is 0.448. The molecule has 3 rings (SSSR count). The van der Waals surface area contributed by atoms with Crippen LogP contribution in [0, 0.1) is 0 Å². The third-order valence-corrected chi connectivity index (χ3v) is 3.52. The Hall–Kier alpha value is -1.42. The van der Waals surface area contributed by atoms with Crippen LogP contribution in [0.3, 0.4) is 0 Å². The van der Waals surface area contributed by atoms with Crippen molar-refractivity contribution in [3.05, 3.63) is 29.7 Å². The molecule has 3 heterocycles. The Morgan fingerprint density at radius 3 is 3.24 bits per heavy atom. The van der Waals surface area contributed by atoms with E-state index in [4.69, 9.17) is 0 Å². The van der Waals surface area contributed by atoms with Crippen molar-refractivity contribution in [2.24, 2.45) is 0 Å². The van der Waals surface area contributed by atoms with Crippen LogP contribution in [-0.4, -0.2) is 27.7 Å². The van der Waals surface area contributed by atoms with Crippen molar-refractivity contribution < 1.29 is 0 Å². The number of piperidine rings is 1. The number of nitrogens with zero attached hydrogens (tertiary/aromatic N) is 3. The molecule has 2 aromatic rings. The predicted octanol–water partition coefficient (Wildman–Crippen LogP) is 1.76. The number of hydrogen-bond acceptors (Lipinski definition) is 3. The number of aromatic nitrogens is 3. The number of rotatable bonds is 2. The molecule has 90 valence electrons. The molecule has 2 aromatic heterocycles. The Morgan fingerprint density at radius 2 is 2.47 bits per heavy atom. The van der Waals surface area contributed by atoms with Crippen LogP contribution in [0.4, 0.5) is 0 Å². The van der Waals surface area contributed by atoms with Crippen LogP contribution in [0.5, 0.6) is 0 Å². The maximum Gasteiger partial charge on any atom is 0.155 e. The molecule has 1 unspecified atom stereocenters. The molecule has 0 bridgehead atoms. The number of aryl methyl sites for hydroxylation is 1. The van der Waals surface area contributed by atoms with Gasteiger partial charge in [-0.3, -0.25) is 0 Å². The zero-order valence-corrected chi connectivity index (χ0v) is 10.2. The molecule has 4 heteroatoms. The second-order valence-electron chi connectivity index (χ2n) is 4.67. The first kappa shape index (κ1) is 10.7. The normalized spacial score (nSPS) is 20.9. The van der Waals surface area contributed by atoms with Gasteiger partial charge in [0.25, 0.3) is 0 Å². The van der Waals surface area contributed by atoms with Crippen LogP contribution in [0.2, 0.25) is 0 Å². The lowest BCUT2D eigenvalue weighted by atomic mass is 9.96. The number of nitrogens with one attached hydrogen (secondary N) is 1. The highest BCUT2D eigenvalue weighted by Crippen LogP contribution is 2.23. The van der Waals surface area contributed by atoms with Gasteiger partial charge in [0.2, 0.25) is 0 Å². The SMILES string of the molecule is CCc1cc2nccc(C3CCCNC3)n2n1. The zero-order chi connectivity index (χ0) is 11.7. The van der Waals surface area contributed by atoms with E-state index in [0.717, 1.165) is 30.9 Å².